The molecule has 0 atom stereocenters. The Balaban J connectivity index is 1.88. The summed E-state index contributed by atoms with van der Waals surface area (Å²) in [7, 11) is 2.58. The molecule has 1 aliphatic heterocycles. The number of hydrogen-bond acceptors (Lipinski definition) is 9. The predicted molar refractivity (Wildman–Crippen MR) is 135 cm³/mol. The van der Waals surface area contributed by atoms with E-state index in [9.17, 15) is 19.7 Å². The number of dihydropyridines is 1. The minimum absolute atomic E-state index is 0.0242. The van der Waals surface area contributed by atoms with E-state index in [0.717, 1.165) is 5.56 Å². The highest BCUT2D eigenvalue weighted by Gasteiger charge is 2.39. The Bertz CT molecular complexity index is 1400. The first kappa shape index (κ1) is 24.8. The van der Waals surface area contributed by atoms with Crippen LogP contribution in [0.25, 0.3) is 21.8 Å². The van der Waals surface area contributed by atoms with E-state index in [1.807, 2.05) is 29.6 Å². The van der Waals surface area contributed by atoms with E-state index < -0.39 is 22.8 Å². The average Bonchev–Trinajstić information content (AvgIpc) is 3.38. The maximum atomic E-state index is 12.9. The second-order valence-electron chi connectivity index (χ2n) is 8.05. The second kappa shape index (κ2) is 10.1. The van der Waals surface area contributed by atoms with Crippen LogP contribution in [0.4, 0.5) is 5.69 Å². The average molecular weight is 506 g/mol. The zero-order valence-electron chi connectivity index (χ0n) is 20.0. The Kier molecular flexibility index (Phi) is 6.98. The summed E-state index contributed by atoms with van der Waals surface area (Å²) in [5.41, 5.74) is 4.31. The number of nitro groups is 1. The fraction of sp³-hybridized carbons (Fsp3) is 0.192. The summed E-state index contributed by atoms with van der Waals surface area (Å²) in [5, 5.41) is 16.8. The molecule has 0 saturated carbocycles. The summed E-state index contributed by atoms with van der Waals surface area (Å²) in [6.07, 6.45) is 0. The number of non-ortho nitro benzene ring substituents is 1. The second-order valence-corrected chi connectivity index (χ2v) is 8.91. The molecule has 184 valence electrons. The van der Waals surface area contributed by atoms with Crippen LogP contribution in [0, 0.1) is 10.1 Å². The van der Waals surface area contributed by atoms with E-state index in [2.05, 4.69) is 5.32 Å². The van der Waals surface area contributed by atoms with Gasteiger partial charge in [-0.3, -0.25) is 10.1 Å². The number of benzene rings is 2. The van der Waals surface area contributed by atoms with Crippen LogP contribution in [0.15, 0.2) is 76.5 Å². The van der Waals surface area contributed by atoms with Gasteiger partial charge in [-0.1, -0.05) is 36.4 Å². The molecule has 10 heteroatoms. The van der Waals surface area contributed by atoms with Gasteiger partial charge in [-0.25, -0.2) is 14.6 Å². The number of aromatic nitrogens is 1. The van der Waals surface area contributed by atoms with Crippen molar-refractivity contribution in [3.63, 3.8) is 0 Å². The highest BCUT2D eigenvalue weighted by atomic mass is 32.1. The number of allylic oxidation sites excluding steroid dienone is 2. The molecule has 1 aromatic heterocycles. The van der Waals surface area contributed by atoms with E-state index in [1.54, 1.807) is 26.0 Å². The summed E-state index contributed by atoms with van der Waals surface area (Å²) in [5.74, 6) is -1.89. The Morgan fingerprint density at radius 1 is 1.00 bits per heavy atom. The van der Waals surface area contributed by atoms with Gasteiger partial charge < -0.3 is 14.8 Å². The third-order valence-corrected chi connectivity index (χ3v) is 6.81. The molecule has 0 radical (unpaired) electrons. The number of nitrogens with one attached hydrogen (secondary N) is 1. The number of thiazole rings is 1. The molecule has 9 nitrogen and oxygen atoms in total. The fourth-order valence-electron chi connectivity index (χ4n) is 4.32. The number of carbonyl (C=O) groups excluding carboxylic acids is 2. The molecule has 36 heavy (non-hydrogen) atoms. The molecule has 0 unspecified atom stereocenters. The van der Waals surface area contributed by atoms with Gasteiger partial charge >= 0.3 is 11.9 Å². The lowest BCUT2D eigenvalue weighted by Gasteiger charge is -2.31. The number of carbonyl (C=O) groups is 2. The number of methoxy groups -OCH3 is 2. The van der Waals surface area contributed by atoms with Gasteiger partial charge in [0.2, 0.25) is 0 Å². The van der Waals surface area contributed by atoms with Crippen molar-refractivity contribution in [1.82, 2.24) is 10.3 Å². The quantitative estimate of drug-likeness (QED) is 0.283. The Hall–Kier alpha value is -4.31. The standard InChI is InChI=1S/C26H23N3O6S/c1-14-21(25(30)34-3)23(22(15(2)27-14)26(31)35-4)18-10-5-6-11-19(18)24-28-20(13-36-24)16-8-7-9-17(12-16)29(32)33/h5-13,23,27H,1-4H3. The molecular weight excluding hydrogens is 482 g/mol. The zero-order chi connectivity index (χ0) is 26.0. The molecule has 0 amide bonds. The van der Waals surface area contributed by atoms with E-state index in [1.165, 1.54) is 37.7 Å². The minimum atomic E-state index is -0.757. The SMILES string of the molecule is COC(=O)C1=C(C)NC(C)=C(C(=O)OC)C1c1ccccc1-c1nc(-c2cccc([N+](=O)[O-])c2)cs1. The van der Waals surface area contributed by atoms with E-state index in [0.29, 0.717) is 44.4 Å². The number of hydrogen-bond donors (Lipinski definition) is 1. The summed E-state index contributed by atoms with van der Waals surface area (Å²) in [4.78, 5) is 41.3. The van der Waals surface area contributed by atoms with E-state index in [4.69, 9.17) is 14.5 Å². The first-order valence-corrected chi connectivity index (χ1v) is 11.8. The van der Waals surface area contributed by atoms with Crippen molar-refractivity contribution in [2.75, 3.05) is 14.2 Å². The van der Waals surface area contributed by atoms with Crippen molar-refractivity contribution in [3.8, 4) is 21.8 Å². The maximum Gasteiger partial charge on any atom is 0.336 e. The molecule has 0 aliphatic carbocycles. The van der Waals surface area contributed by atoms with Gasteiger partial charge in [-0.15, -0.1) is 11.3 Å². The van der Waals surface area contributed by atoms with Crippen LogP contribution >= 0.6 is 11.3 Å². The summed E-state index contributed by atoms with van der Waals surface area (Å²) < 4.78 is 10.1. The van der Waals surface area contributed by atoms with Crippen LogP contribution in [-0.2, 0) is 19.1 Å². The van der Waals surface area contributed by atoms with Crippen LogP contribution in [0.3, 0.4) is 0 Å². The molecule has 1 N–H and O–H groups in total. The zero-order valence-corrected chi connectivity index (χ0v) is 20.8. The maximum absolute atomic E-state index is 12.9. The number of nitro benzene ring substituents is 1. The van der Waals surface area contributed by atoms with Gasteiger partial charge in [0.15, 0.2) is 0 Å². The molecule has 2 heterocycles. The van der Waals surface area contributed by atoms with E-state index >= 15 is 0 Å². The van der Waals surface area contributed by atoms with Gasteiger partial charge in [-0.05, 0) is 19.4 Å². The Morgan fingerprint density at radius 3 is 2.25 bits per heavy atom. The van der Waals surface area contributed by atoms with Gasteiger partial charge in [-0.2, -0.15) is 0 Å². The van der Waals surface area contributed by atoms with Crippen molar-refractivity contribution in [3.05, 3.63) is 92.1 Å². The molecular formula is C26H23N3O6S. The first-order valence-electron chi connectivity index (χ1n) is 10.9. The molecule has 0 bridgehead atoms. The largest absolute Gasteiger partial charge is 0.466 e. The lowest BCUT2D eigenvalue weighted by Crippen LogP contribution is -2.32. The monoisotopic (exact) mass is 505 g/mol. The molecule has 0 spiro atoms. The lowest BCUT2D eigenvalue weighted by atomic mass is 9.78. The van der Waals surface area contributed by atoms with Crippen LogP contribution in [0.5, 0.6) is 0 Å². The summed E-state index contributed by atoms with van der Waals surface area (Å²) >= 11 is 1.36. The van der Waals surface area contributed by atoms with Gasteiger partial charge in [0.1, 0.15) is 5.01 Å². The van der Waals surface area contributed by atoms with Gasteiger partial charge in [0.05, 0.1) is 41.9 Å². The van der Waals surface area contributed by atoms with Crippen LogP contribution in [0.1, 0.15) is 25.3 Å². The lowest BCUT2D eigenvalue weighted by molar-refractivity contribution is -0.384. The minimum Gasteiger partial charge on any atom is -0.466 e. The molecule has 3 aromatic rings. The molecule has 4 rings (SSSR count). The van der Waals surface area contributed by atoms with Crippen molar-refractivity contribution in [2.45, 2.75) is 19.8 Å². The third-order valence-electron chi connectivity index (χ3n) is 5.93. The van der Waals surface area contributed by atoms with Crippen LogP contribution in [-0.4, -0.2) is 36.1 Å². The van der Waals surface area contributed by atoms with Crippen LogP contribution < -0.4 is 5.32 Å². The van der Waals surface area contributed by atoms with Crippen molar-refractivity contribution < 1.29 is 24.0 Å². The Labute approximate surface area is 211 Å². The smallest absolute Gasteiger partial charge is 0.336 e. The number of rotatable bonds is 6. The summed E-state index contributed by atoms with van der Waals surface area (Å²) in [6, 6.07) is 13.6. The number of ether oxygens (including phenoxy) is 2. The van der Waals surface area contributed by atoms with Gasteiger partial charge in [0.25, 0.3) is 5.69 Å². The number of esters is 2. The molecule has 2 aromatic carbocycles. The highest BCUT2D eigenvalue weighted by molar-refractivity contribution is 7.13. The molecule has 1 aliphatic rings. The number of nitrogens with zero attached hydrogens (tertiary/aromatic N) is 2. The molecule has 0 fully saturated rings. The Morgan fingerprint density at radius 2 is 1.64 bits per heavy atom. The first-order chi connectivity index (χ1) is 17.3. The highest BCUT2D eigenvalue weighted by Crippen LogP contribution is 2.44. The third kappa shape index (κ3) is 4.50. The van der Waals surface area contributed by atoms with Crippen molar-refractivity contribution in [2.24, 2.45) is 0 Å². The van der Waals surface area contributed by atoms with Crippen molar-refractivity contribution >= 4 is 29.0 Å². The molecule has 0 saturated heterocycles. The predicted octanol–water partition coefficient (Wildman–Crippen LogP) is 4.97. The van der Waals surface area contributed by atoms with E-state index in [-0.39, 0.29) is 5.69 Å². The van der Waals surface area contributed by atoms with Crippen molar-refractivity contribution in [1.29, 1.82) is 0 Å². The topological polar surface area (TPSA) is 121 Å². The normalized spacial score (nSPS) is 13.9. The van der Waals surface area contributed by atoms with Gasteiger partial charge in [0, 0.05) is 40.0 Å². The van der Waals surface area contributed by atoms with Crippen LogP contribution in [0.2, 0.25) is 0 Å². The fourth-order valence-corrected chi connectivity index (χ4v) is 5.19. The summed E-state index contributed by atoms with van der Waals surface area (Å²) in [6.45, 7) is 3.51.